The molecule has 0 aromatic heterocycles. The molecule has 18 heavy (non-hydrogen) atoms. The molecule has 0 unspecified atom stereocenters. The van der Waals surface area contributed by atoms with Crippen LogP contribution in [-0.4, -0.2) is 40.2 Å². The highest BCUT2D eigenvalue weighted by atomic mass is 16.2. The van der Waals surface area contributed by atoms with Gasteiger partial charge in [-0.3, -0.25) is 19.4 Å². The lowest BCUT2D eigenvalue weighted by Crippen LogP contribution is -2.67. The Labute approximate surface area is 108 Å². The van der Waals surface area contributed by atoms with E-state index >= 15 is 0 Å². The van der Waals surface area contributed by atoms with Crippen LogP contribution in [0.3, 0.4) is 0 Å². The molecule has 0 radical (unpaired) electrons. The van der Waals surface area contributed by atoms with E-state index in [4.69, 9.17) is 0 Å². The van der Waals surface area contributed by atoms with Crippen molar-refractivity contribution in [1.82, 2.24) is 9.80 Å². The Morgan fingerprint density at radius 1 is 1.00 bits per heavy atom. The molecule has 0 N–H and O–H groups in total. The number of urea groups is 1. The number of hydrogen-bond acceptors (Lipinski definition) is 3. The van der Waals surface area contributed by atoms with Gasteiger partial charge in [0.2, 0.25) is 11.8 Å². The number of imide groups is 2. The van der Waals surface area contributed by atoms with E-state index in [0.717, 1.165) is 4.90 Å². The maximum Gasteiger partial charge on any atom is 0.333 e. The van der Waals surface area contributed by atoms with Crippen LogP contribution in [0, 0.1) is 5.41 Å². The van der Waals surface area contributed by atoms with E-state index in [2.05, 4.69) is 0 Å². The van der Waals surface area contributed by atoms with Gasteiger partial charge in [0, 0.05) is 12.6 Å². The molecule has 5 nitrogen and oxygen atoms in total. The summed E-state index contributed by atoms with van der Waals surface area (Å²) in [5, 5.41) is 0. The molecule has 102 valence electrons. The van der Waals surface area contributed by atoms with Crippen molar-refractivity contribution in [2.45, 2.75) is 53.0 Å². The van der Waals surface area contributed by atoms with Gasteiger partial charge in [-0.2, -0.15) is 0 Å². The normalized spacial score (nSPS) is 20.7. The number of nitrogens with zero attached hydrogens (tertiary/aromatic N) is 2. The van der Waals surface area contributed by atoms with Crippen molar-refractivity contribution in [3.63, 3.8) is 0 Å². The maximum absolute atomic E-state index is 12.6. The van der Waals surface area contributed by atoms with Crippen molar-refractivity contribution in [3.05, 3.63) is 0 Å². The molecule has 0 bridgehead atoms. The quantitative estimate of drug-likeness (QED) is 0.708. The molecular formula is C13H22N2O3. The minimum Gasteiger partial charge on any atom is -0.273 e. The van der Waals surface area contributed by atoms with Crippen LogP contribution >= 0.6 is 0 Å². The van der Waals surface area contributed by atoms with Crippen LogP contribution in [0.25, 0.3) is 0 Å². The molecule has 0 atom stereocenters. The number of barbiturate groups is 1. The lowest BCUT2D eigenvalue weighted by Gasteiger charge is -2.47. The number of amides is 4. The summed E-state index contributed by atoms with van der Waals surface area (Å²) in [6.45, 7) is 9.00. The number of rotatable bonds is 2. The molecule has 0 aliphatic carbocycles. The lowest BCUT2D eigenvalue weighted by molar-refractivity contribution is -0.161. The van der Waals surface area contributed by atoms with Gasteiger partial charge in [0.15, 0.2) is 0 Å². The molecule has 1 fully saturated rings. The van der Waals surface area contributed by atoms with Gasteiger partial charge in [-0.05, 0) is 33.6 Å². The van der Waals surface area contributed by atoms with Crippen molar-refractivity contribution in [2.75, 3.05) is 7.05 Å². The second-order valence-electron chi connectivity index (χ2n) is 5.75. The van der Waals surface area contributed by atoms with E-state index in [1.165, 1.54) is 11.9 Å². The predicted molar refractivity (Wildman–Crippen MR) is 67.8 cm³/mol. The highest BCUT2D eigenvalue weighted by Crippen LogP contribution is 2.38. The molecule has 1 aliphatic rings. The van der Waals surface area contributed by atoms with Gasteiger partial charge in [-0.15, -0.1) is 0 Å². The second kappa shape index (κ2) is 4.37. The minimum atomic E-state index is -1.09. The molecule has 1 aliphatic heterocycles. The zero-order valence-electron chi connectivity index (χ0n) is 12.0. The second-order valence-corrected chi connectivity index (χ2v) is 5.75. The van der Waals surface area contributed by atoms with Gasteiger partial charge < -0.3 is 0 Å². The van der Waals surface area contributed by atoms with Crippen LogP contribution in [0.5, 0.6) is 0 Å². The van der Waals surface area contributed by atoms with E-state index in [9.17, 15) is 14.4 Å². The SMILES string of the molecule is CCC1(CC)C(=O)N(C)C(=O)N(C(C)(C)C)C1=O. The molecular weight excluding hydrogens is 232 g/mol. The van der Waals surface area contributed by atoms with Crippen molar-refractivity contribution >= 4 is 17.8 Å². The number of carbonyl (C=O) groups excluding carboxylic acids is 3. The fourth-order valence-corrected chi connectivity index (χ4v) is 2.40. The monoisotopic (exact) mass is 254 g/mol. The van der Waals surface area contributed by atoms with E-state index in [1.807, 2.05) is 13.8 Å². The van der Waals surface area contributed by atoms with Crippen LogP contribution in [0.15, 0.2) is 0 Å². The summed E-state index contributed by atoms with van der Waals surface area (Å²) in [6.07, 6.45) is 0.816. The minimum absolute atomic E-state index is 0.367. The van der Waals surface area contributed by atoms with E-state index in [0.29, 0.717) is 12.8 Å². The first kappa shape index (κ1) is 14.7. The number of hydrogen-bond donors (Lipinski definition) is 0. The average Bonchev–Trinajstić information content (AvgIpc) is 2.27. The van der Waals surface area contributed by atoms with Crippen LogP contribution in [-0.2, 0) is 9.59 Å². The zero-order chi connectivity index (χ0) is 14.3. The highest BCUT2D eigenvalue weighted by Gasteiger charge is 2.56. The summed E-state index contributed by atoms with van der Waals surface area (Å²) in [6, 6.07) is -0.532. The van der Waals surface area contributed by atoms with Crippen molar-refractivity contribution in [2.24, 2.45) is 5.41 Å². The van der Waals surface area contributed by atoms with Crippen LogP contribution in [0.1, 0.15) is 47.5 Å². The fraction of sp³-hybridized carbons (Fsp3) is 0.769. The highest BCUT2D eigenvalue weighted by molar-refractivity contribution is 6.19. The molecule has 1 saturated heterocycles. The average molecular weight is 254 g/mol. The molecule has 0 aromatic carbocycles. The molecule has 1 heterocycles. The van der Waals surface area contributed by atoms with Gasteiger partial charge in [0.05, 0.1) is 0 Å². The van der Waals surface area contributed by atoms with Gasteiger partial charge in [0.25, 0.3) is 0 Å². The standard InChI is InChI=1S/C13H22N2O3/c1-7-13(8-2)9(16)14(6)11(18)15(10(13)17)12(3,4)5/h7-8H2,1-6H3. The summed E-state index contributed by atoms with van der Waals surface area (Å²) in [5.74, 6) is -0.754. The molecule has 4 amide bonds. The summed E-state index contributed by atoms with van der Waals surface area (Å²) < 4.78 is 0. The first-order chi connectivity index (χ1) is 8.13. The third-order valence-corrected chi connectivity index (χ3v) is 3.68. The van der Waals surface area contributed by atoms with E-state index in [1.54, 1.807) is 20.8 Å². The van der Waals surface area contributed by atoms with Gasteiger partial charge >= 0.3 is 6.03 Å². The topological polar surface area (TPSA) is 57.7 Å². The molecule has 0 saturated carbocycles. The Morgan fingerprint density at radius 2 is 1.44 bits per heavy atom. The number of carbonyl (C=O) groups is 3. The van der Waals surface area contributed by atoms with Gasteiger partial charge in [0.1, 0.15) is 5.41 Å². The Balaban J connectivity index is 3.38. The molecule has 0 spiro atoms. The summed E-state index contributed by atoms with van der Waals surface area (Å²) in [7, 11) is 1.44. The van der Waals surface area contributed by atoms with Gasteiger partial charge in [-0.25, -0.2) is 4.79 Å². The third-order valence-electron chi connectivity index (χ3n) is 3.68. The Kier molecular flexibility index (Phi) is 3.56. The summed E-state index contributed by atoms with van der Waals surface area (Å²) in [5.41, 5.74) is -1.71. The molecule has 0 aromatic rings. The van der Waals surface area contributed by atoms with Crippen LogP contribution < -0.4 is 0 Å². The third kappa shape index (κ3) is 1.82. The predicted octanol–water partition coefficient (Wildman–Crippen LogP) is 2.01. The van der Waals surface area contributed by atoms with E-state index in [-0.39, 0.29) is 11.8 Å². The van der Waals surface area contributed by atoms with Crippen molar-refractivity contribution < 1.29 is 14.4 Å². The van der Waals surface area contributed by atoms with Crippen molar-refractivity contribution in [1.29, 1.82) is 0 Å². The fourth-order valence-electron chi connectivity index (χ4n) is 2.40. The van der Waals surface area contributed by atoms with Crippen molar-refractivity contribution in [3.8, 4) is 0 Å². The van der Waals surface area contributed by atoms with E-state index < -0.39 is 17.0 Å². The Bertz CT molecular complexity index is 392. The van der Waals surface area contributed by atoms with Crippen LogP contribution in [0.2, 0.25) is 0 Å². The lowest BCUT2D eigenvalue weighted by atomic mass is 9.77. The first-order valence-electron chi connectivity index (χ1n) is 6.30. The Hall–Kier alpha value is -1.39. The largest absolute Gasteiger partial charge is 0.333 e. The first-order valence-corrected chi connectivity index (χ1v) is 6.30. The van der Waals surface area contributed by atoms with Crippen LogP contribution in [0.4, 0.5) is 4.79 Å². The zero-order valence-corrected chi connectivity index (χ0v) is 12.0. The summed E-state index contributed by atoms with van der Waals surface area (Å²) in [4.78, 5) is 39.2. The smallest absolute Gasteiger partial charge is 0.273 e. The molecule has 1 rings (SSSR count). The Morgan fingerprint density at radius 3 is 1.78 bits per heavy atom. The van der Waals surface area contributed by atoms with Gasteiger partial charge in [-0.1, -0.05) is 13.8 Å². The summed E-state index contributed by atoms with van der Waals surface area (Å²) >= 11 is 0. The molecule has 5 heteroatoms. The maximum atomic E-state index is 12.6.